The Kier molecular flexibility index (Phi) is 4.68. The van der Waals surface area contributed by atoms with Crippen molar-refractivity contribution in [3.05, 3.63) is 12.2 Å². The van der Waals surface area contributed by atoms with Crippen LogP contribution in [-0.4, -0.2) is 58.1 Å². The average molecular weight is 253 g/mol. The lowest BCUT2D eigenvalue weighted by Gasteiger charge is -2.35. The molecule has 6 nitrogen and oxygen atoms in total. The second-order valence-electron chi connectivity index (χ2n) is 4.66. The molecule has 0 spiro atoms. The normalized spacial score (nSPS) is 23.2. The molecule has 1 aliphatic heterocycles. The maximum atomic E-state index is 6.25. The molecule has 1 aromatic rings. The molecule has 0 radical (unpaired) electrons. The van der Waals surface area contributed by atoms with Gasteiger partial charge in [0.2, 0.25) is 0 Å². The predicted molar refractivity (Wildman–Crippen MR) is 69.2 cm³/mol. The van der Waals surface area contributed by atoms with E-state index in [-0.39, 0.29) is 12.1 Å². The van der Waals surface area contributed by atoms with Crippen LogP contribution in [0.25, 0.3) is 0 Å². The van der Waals surface area contributed by atoms with E-state index in [0.717, 1.165) is 45.0 Å². The van der Waals surface area contributed by atoms with Crippen LogP contribution < -0.4 is 5.73 Å². The van der Waals surface area contributed by atoms with Gasteiger partial charge in [-0.15, -0.1) is 0 Å². The third kappa shape index (κ3) is 3.07. The molecule has 1 saturated heterocycles. The summed E-state index contributed by atoms with van der Waals surface area (Å²) >= 11 is 0. The molecule has 0 aromatic carbocycles. The van der Waals surface area contributed by atoms with Crippen molar-refractivity contribution < 1.29 is 4.74 Å². The van der Waals surface area contributed by atoms with Gasteiger partial charge in [-0.2, -0.15) is 5.10 Å². The number of nitrogens with zero attached hydrogens (tertiary/aromatic N) is 4. The number of aromatic nitrogens is 3. The topological polar surface area (TPSA) is 69.2 Å². The van der Waals surface area contributed by atoms with Crippen molar-refractivity contribution in [2.75, 3.05) is 26.2 Å². The van der Waals surface area contributed by atoms with Gasteiger partial charge in [0.05, 0.1) is 12.7 Å². The predicted octanol–water partition coefficient (Wildman–Crippen LogP) is -0.111. The lowest BCUT2D eigenvalue weighted by Crippen LogP contribution is -2.51. The number of hydrogen-bond donors (Lipinski definition) is 1. The van der Waals surface area contributed by atoms with E-state index in [9.17, 15) is 0 Å². The fraction of sp³-hybridized carbons (Fsp3) is 0.833. The van der Waals surface area contributed by atoms with Gasteiger partial charge in [-0.1, -0.05) is 6.92 Å². The highest BCUT2D eigenvalue weighted by Crippen LogP contribution is 2.10. The minimum atomic E-state index is -0.0196. The summed E-state index contributed by atoms with van der Waals surface area (Å²) in [5.74, 6) is 0.947. The molecule has 2 atom stereocenters. The lowest BCUT2D eigenvalue weighted by molar-refractivity contribution is -0.0389. The summed E-state index contributed by atoms with van der Waals surface area (Å²) in [4.78, 5) is 6.64. The number of nitrogens with two attached hydrogens (primary N) is 1. The molecule has 1 fully saturated rings. The molecule has 2 N–H and O–H groups in total. The van der Waals surface area contributed by atoms with Crippen LogP contribution in [0.15, 0.2) is 6.33 Å². The summed E-state index contributed by atoms with van der Waals surface area (Å²) < 4.78 is 7.66. The molecule has 0 bridgehead atoms. The second kappa shape index (κ2) is 6.26. The number of ether oxygens (including phenoxy) is 1. The molecule has 1 aromatic heterocycles. The average Bonchev–Trinajstić information content (AvgIpc) is 2.86. The molecule has 6 heteroatoms. The van der Waals surface area contributed by atoms with Crippen LogP contribution in [0.1, 0.15) is 19.7 Å². The SMILES string of the molecule is CCN1CCOC(C(N)Cc2ncnn2CC)C1. The standard InChI is InChI=1S/C12H23N5O/c1-3-16-5-6-18-11(8-16)10(13)7-12-14-9-15-17(12)4-2/h9-11H,3-8,13H2,1-2H3. The summed E-state index contributed by atoms with van der Waals surface area (Å²) in [7, 11) is 0. The van der Waals surface area contributed by atoms with Crippen LogP contribution in [0, 0.1) is 0 Å². The van der Waals surface area contributed by atoms with Gasteiger partial charge >= 0.3 is 0 Å². The Morgan fingerprint density at radius 1 is 1.50 bits per heavy atom. The van der Waals surface area contributed by atoms with Crippen molar-refractivity contribution in [3.8, 4) is 0 Å². The van der Waals surface area contributed by atoms with Crippen LogP contribution >= 0.6 is 0 Å². The van der Waals surface area contributed by atoms with E-state index >= 15 is 0 Å². The first-order valence-corrected chi connectivity index (χ1v) is 6.70. The van der Waals surface area contributed by atoms with Gasteiger partial charge in [-0.05, 0) is 13.5 Å². The quantitative estimate of drug-likeness (QED) is 0.793. The Morgan fingerprint density at radius 2 is 2.33 bits per heavy atom. The van der Waals surface area contributed by atoms with Gasteiger partial charge in [0.25, 0.3) is 0 Å². The van der Waals surface area contributed by atoms with Gasteiger partial charge in [-0.3, -0.25) is 9.58 Å². The number of likely N-dealkylation sites (N-methyl/N-ethyl adjacent to an activating group) is 1. The highest BCUT2D eigenvalue weighted by Gasteiger charge is 2.26. The Morgan fingerprint density at radius 3 is 3.06 bits per heavy atom. The van der Waals surface area contributed by atoms with E-state index in [0.29, 0.717) is 0 Å². The minimum Gasteiger partial charge on any atom is -0.374 e. The Balaban J connectivity index is 1.93. The third-order valence-corrected chi connectivity index (χ3v) is 3.52. The third-order valence-electron chi connectivity index (χ3n) is 3.52. The van der Waals surface area contributed by atoms with Crippen molar-refractivity contribution in [2.45, 2.75) is 39.0 Å². The summed E-state index contributed by atoms with van der Waals surface area (Å²) in [6.07, 6.45) is 2.41. The number of rotatable bonds is 5. The fourth-order valence-electron chi connectivity index (χ4n) is 2.33. The van der Waals surface area contributed by atoms with E-state index in [4.69, 9.17) is 10.5 Å². The van der Waals surface area contributed by atoms with Gasteiger partial charge in [0.1, 0.15) is 12.2 Å². The van der Waals surface area contributed by atoms with Gasteiger partial charge < -0.3 is 10.5 Å². The zero-order valence-electron chi connectivity index (χ0n) is 11.2. The van der Waals surface area contributed by atoms with Crippen molar-refractivity contribution in [1.82, 2.24) is 19.7 Å². The zero-order chi connectivity index (χ0) is 13.0. The molecule has 102 valence electrons. The van der Waals surface area contributed by atoms with Crippen molar-refractivity contribution in [3.63, 3.8) is 0 Å². The summed E-state index contributed by atoms with van der Waals surface area (Å²) in [5, 5.41) is 4.16. The molecule has 18 heavy (non-hydrogen) atoms. The van der Waals surface area contributed by atoms with Crippen LogP contribution in [0.4, 0.5) is 0 Å². The lowest BCUT2D eigenvalue weighted by atomic mass is 10.1. The Labute approximate surface area is 108 Å². The smallest absolute Gasteiger partial charge is 0.138 e. The Bertz CT molecular complexity index is 367. The molecule has 2 heterocycles. The zero-order valence-corrected chi connectivity index (χ0v) is 11.2. The fourth-order valence-corrected chi connectivity index (χ4v) is 2.33. The molecule has 0 amide bonds. The number of morpholine rings is 1. The van der Waals surface area contributed by atoms with E-state index in [1.165, 1.54) is 0 Å². The minimum absolute atomic E-state index is 0.0196. The van der Waals surface area contributed by atoms with Gasteiger partial charge in [-0.25, -0.2) is 4.98 Å². The van der Waals surface area contributed by atoms with Crippen molar-refractivity contribution in [1.29, 1.82) is 0 Å². The first-order chi connectivity index (χ1) is 8.74. The summed E-state index contributed by atoms with van der Waals surface area (Å²) in [5.41, 5.74) is 6.25. The van der Waals surface area contributed by atoms with E-state index < -0.39 is 0 Å². The summed E-state index contributed by atoms with van der Waals surface area (Å²) in [6, 6.07) is -0.0196. The highest BCUT2D eigenvalue weighted by atomic mass is 16.5. The molecular weight excluding hydrogens is 230 g/mol. The monoisotopic (exact) mass is 253 g/mol. The van der Waals surface area contributed by atoms with Gasteiger partial charge in [0, 0.05) is 32.1 Å². The number of aryl methyl sites for hydroxylation is 1. The molecule has 2 unspecified atom stereocenters. The van der Waals surface area contributed by atoms with Crippen molar-refractivity contribution >= 4 is 0 Å². The Hall–Kier alpha value is -0.980. The molecular formula is C12H23N5O. The number of hydrogen-bond acceptors (Lipinski definition) is 5. The van der Waals surface area contributed by atoms with Crippen LogP contribution in [0.5, 0.6) is 0 Å². The molecule has 1 aliphatic rings. The highest BCUT2D eigenvalue weighted by molar-refractivity contribution is 4.93. The molecule has 2 rings (SSSR count). The maximum absolute atomic E-state index is 6.25. The van der Waals surface area contributed by atoms with Crippen molar-refractivity contribution in [2.24, 2.45) is 5.73 Å². The van der Waals surface area contributed by atoms with E-state index in [1.54, 1.807) is 6.33 Å². The molecule has 0 aliphatic carbocycles. The first kappa shape index (κ1) is 13.5. The largest absolute Gasteiger partial charge is 0.374 e. The van der Waals surface area contributed by atoms with E-state index in [1.807, 2.05) is 4.68 Å². The van der Waals surface area contributed by atoms with Gasteiger partial charge in [0.15, 0.2) is 0 Å². The van der Waals surface area contributed by atoms with Crippen LogP contribution in [-0.2, 0) is 17.7 Å². The maximum Gasteiger partial charge on any atom is 0.138 e. The first-order valence-electron chi connectivity index (χ1n) is 6.70. The summed E-state index contributed by atoms with van der Waals surface area (Å²) in [6.45, 7) is 8.79. The van der Waals surface area contributed by atoms with Crippen LogP contribution in [0.3, 0.4) is 0 Å². The molecule has 0 saturated carbocycles. The van der Waals surface area contributed by atoms with E-state index in [2.05, 4.69) is 28.8 Å². The van der Waals surface area contributed by atoms with Crippen LogP contribution in [0.2, 0.25) is 0 Å². The second-order valence-corrected chi connectivity index (χ2v) is 4.66.